The molecule has 0 fully saturated rings. The average Bonchev–Trinajstić information content (AvgIpc) is 2.96. The molecule has 2 N–H and O–H groups in total. The fourth-order valence-electron chi connectivity index (χ4n) is 1.73. The standard InChI is InChI=1S/C14H18N4O2/c1-11(7-8-19)9-15-14(20)13-10-16-18(17-13)12-5-3-2-4-6-12/h2-6,10-11,19H,7-9H2,1H3,(H,15,20). The van der Waals surface area contributed by atoms with E-state index in [1.165, 1.54) is 11.0 Å². The molecule has 0 radical (unpaired) electrons. The first-order chi connectivity index (χ1) is 9.70. The van der Waals surface area contributed by atoms with Crippen LogP contribution < -0.4 is 5.32 Å². The van der Waals surface area contributed by atoms with Crippen molar-refractivity contribution in [3.05, 3.63) is 42.2 Å². The lowest BCUT2D eigenvalue weighted by Gasteiger charge is -2.09. The second-order valence-corrected chi connectivity index (χ2v) is 4.68. The Morgan fingerprint density at radius 3 is 2.85 bits per heavy atom. The van der Waals surface area contributed by atoms with E-state index in [4.69, 9.17) is 5.11 Å². The molecule has 106 valence electrons. The first kappa shape index (κ1) is 14.2. The number of benzene rings is 1. The molecule has 1 atom stereocenters. The van der Waals surface area contributed by atoms with Crippen molar-refractivity contribution >= 4 is 5.91 Å². The molecular formula is C14H18N4O2. The highest BCUT2D eigenvalue weighted by molar-refractivity contribution is 5.91. The van der Waals surface area contributed by atoms with Gasteiger partial charge in [0.15, 0.2) is 5.69 Å². The number of rotatable bonds is 6. The highest BCUT2D eigenvalue weighted by atomic mass is 16.3. The van der Waals surface area contributed by atoms with Crippen molar-refractivity contribution in [2.75, 3.05) is 13.2 Å². The van der Waals surface area contributed by atoms with Gasteiger partial charge in [-0.15, -0.1) is 5.10 Å². The third-order valence-corrected chi connectivity index (χ3v) is 2.94. The van der Waals surface area contributed by atoms with Gasteiger partial charge < -0.3 is 10.4 Å². The Bertz CT molecular complexity index is 553. The molecule has 0 aliphatic heterocycles. The molecule has 1 unspecified atom stereocenters. The van der Waals surface area contributed by atoms with Gasteiger partial charge in [0, 0.05) is 13.2 Å². The smallest absolute Gasteiger partial charge is 0.273 e. The number of carbonyl (C=O) groups excluding carboxylic acids is 1. The molecule has 2 aromatic rings. The predicted octanol–water partition coefficient (Wildman–Crippen LogP) is 1.02. The van der Waals surface area contributed by atoms with Crippen molar-refractivity contribution in [1.29, 1.82) is 0 Å². The molecule has 0 saturated carbocycles. The van der Waals surface area contributed by atoms with Crippen LogP contribution in [0.3, 0.4) is 0 Å². The number of nitrogens with one attached hydrogen (secondary N) is 1. The number of aliphatic hydroxyl groups is 1. The van der Waals surface area contributed by atoms with E-state index in [1.807, 2.05) is 37.3 Å². The fraction of sp³-hybridized carbons (Fsp3) is 0.357. The topological polar surface area (TPSA) is 80.0 Å². The molecule has 0 bridgehead atoms. The van der Waals surface area contributed by atoms with E-state index in [0.717, 1.165) is 5.69 Å². The maximum atomic E-state index is 11.9. The number of aromatic nitrogens is 3. The van der Waals surface area contributed by atoms with Crippen molar-refractivity contribution in [3.63, 3.8) is 0 Å². The molecule has 0 spiro atoms. The Morgan fingerprint density at radius 1 is 1.40 bits per heavy atom. The van der Waals surface area contributed by atoms with Crippen molar-refractivity contribution in [1.82, 2.24) is 20.3 Å². The lowest BCUT2D eigenvalue weighted by atomic mass is 10.1. The van der Waals surface area contributed by atoms with Crippen LogP contribution in [0.1, 0.15) is 23.8 Å². The first-order valence-corrected chi connectivity index (χ1v) is 6.57. The summed E-state index contributed by atoms with van der Waals surface area (Å²) >= 11 is 0. The Hall–Kier alpha value is -2.21. The molecule has 20 heavy (non-hydrogen) atoms. The molecule has 6 nitrogen and oxygen atoms in total. The van der Waals surface area contributed by atoms with Gasteiger partial charge in [-0.3, -0.25) is 4.79 Å². The molecule has 1 aromatic heterocycles. The van der Waals surface area contributed by atoms with E-state index < -0.39 is 0 Å². The van der Waals surface area contributed by atoms with Gasteiger partial charge in [0.1, 0.15) is 0 Å². The molecule has 1 heterocycles. The largest absolute Gasteiger partial charge is 0.396 e. The van der Waals surface area contributed by atoms with Crippen molar-refractivity contribution in [2.24, 2.45) is 5.92 Å². The van der Waals surface area contributed by atoms with E-state index in [-0.39, 0.29) is 24.1 Å². The van der Waals surface area contributed by atoms with Crippen LogP contribution >= 0.6 is 0 Å². The molecule has 6 heteroatoms. The van der Waals surface area contributed by atoms with Gasteiger partial charge in [0.05, 0.1) is 11.9 Å². The zero-order valence-electron chi connectivity index (χ0n) is 11.4. The number of para-hydroxylation sites is 1. The maximum absolute atomic E-state index is 11.9. The summed E-state index contributed by atoms with van der Waals surface area (Å²) in [7, 11) is 0. The van der Waals surface area contributed by atoms with E-state index in [1.54, 1.807) is 0 Å². The number of nitrogens with zero attached hydrogens (tertiary/aromatic N) is 3. The zero-order valence-corrected chi connectivity index (χ0v) is 11.4. The SMILES string of the molecule is CC(CCO)CNC(=O)c1cnn(-c2ccccc2)n1. The van der Waals surface area contributed by atoms with Gasteiger partial charge in [-0.25, -0.2) is 0 Å². The number of hydrogen-bond donors (Lipinski definition) is 2. The average molecular weight is 274 g/mol. The van der Waals surface area contributed by atoms with Crippen LogP contribution in [0.25, 0.3) is 5.69 Å². The van der Waals surface area contributed by atoms with Gasteiger partial charge in [0.25, 0.3) is 5.91 Å². The number of hydrogen-bond acceptors (Lipinski definition) is 4. The summed E-state index contributed by atoms with van der Waals surface area (Å²) in [5.74, 6) is -0.0231. The highest BCUT2D eigenvalue weighted by Gasteiger charge is 2.12. The van der Waals surface area contributed by atoms with Crippen LogP contribution in [0.15, 0.2) is 36.5 Å². The molecule has 0 aliphatic carbocycles. The summed E-state index contributed by atoms with van der Waals surface area (Å²) < 4.78 is 0. The third kappa shape index (κ3) is 3.64. The Balaban J connectivity index is 1.97. The summed E-state index contributed by atoms with van der Waals surface area (Å²) in [4.78, 5) is 13.3. The summed E-state index contributed by atoms with van der Waals surface area (Å²) in [5.41, 5.74) is 1.09. The van der Waals surface area contributed by atoms with Crippen LogP contribution in [0.5, 0.6) is 0 Å². The van der Waals surface area contributed by atoms with Gasteiger partial charge in [0.2, 0.25) is 0 Å². The first-order valence-electron chi connectivity index (χ1n) is 6.57. The third-order valence-electron chi connectivity index (χ3n) is 2.94. The van der Waals surface area contributed by atoms with Crippen LogP contribution in [0.2, 0.25) is 0 Å². The van der Waals surface area contributed by atoms with E-state index in [0.29, 0.717) is 13.0 Å². The minimum absolute atomic E-state index is 0.126. The summed E-state index contributed by atoms with van der Waals surface area (Å²) in [6.07, 6.45) is 2.11. The Kier molecular flexibility index (Phi) is 4.84. The summed E-state index contributed by atoms with van der Waals surface area (Å²) in [6, 6.07) is 9.41. The number of aliphatic hydroxyl groups excluding tert-OH is 1. The van der Waals surface area contributed by atoms with Crippen LogP contribution in [-0.2, 0) is 0 Å². The Labute approximate surface area is 117 Å². The number of amides is 1. The summed E-state index contributed by atoms with van der Waals surface area (Å²) in [5, 5.41) is 19.8. The lowest BCUT2D eigenvalue weighted by Crippen LogP contribution is -2.29. The summed E-state index contributed by atoms with van der Waals surface area (Å²) in [6.45, 7) is 2.61. The van der Waals surface area contributed by atoms with Crippen molar-refractivity contribution in [3.8, 4) is 5.69 Å². The zero-order chi connectivity index (χ0) is 14.4. The van der Waals surface area contributed by atoms with Gasteiger partial charge in [-0.05, 0) is 24.5 Å². The normalized spacial score (nSPS) is 12.1. The molecule has 0 aliphatic rings. The monoisotopic (exact) mass is 274 g/mol. The molecule has 1 aromatic carbocycles. The highest BCUT2D eigenvalue weighted by Crippen LogP contribution is 2.04. The fourth-order valence-corrected chi connectivity index (χ4v) is 1.73. The number of carbonyl (C=O) groups is 1. The van der Waals surface area contributed by atoms with Crippen molar-refractivity contribution < 1.29 is 9.90 Å². The molecule has 0 saturated heterocycles. The maximum Gasteiger partial charge on any atom is 0.273 e. The van der Waals surface area contributed by atoms with Crippen LogP contribution in [0, 0.1) is 5.92 Å². The minimum atomic E-state index is -0.253. The van der Waals surface area contributed by atoms with Gasteiger partial charge in [-0.1, -0.05) is 25.1 Å². The molecule has 2 rings (SSSR count). The van der Waals surface area contributed by atoms with E-state index >= 15 is 0 Å². The van der Waals surface area contributed by atoms with Crippen molar-refractivity contribution in [2.45, 2.75) is 13.3 Å². The second kappa shape index (κ2) is 6.81. The van der Waals surface area contributed by atoms with E-state index in [9.17, 15) is 4.79 Å². The quantitative estimate of drug-likeness (QED) is 0.824. The molecule has 1 amide bonds. The minimum Gasteiger partial charge on any atom is -0.396 e. The van der Waals surface area contributed by atoms with Gasteiger partial charge >= 0.3 is 0 Å². The van der Waals surface area contributed by atoms with E-state index in [2.05, 4.69) is 15.5 Å². The second-order valence-electron chi connectivity index (χ2n) is 4.68. The Morgan fingerprint density at radius 2 is 2.15 bits per heavy atom. The predicted molar refractivity (Wildman–Crippen MR) is 74.6 cm³/mol. The molecular weight excluding hydrogens is 256 g/mol. The van der Waals surface area contributed by atoms with Gasteiger partial charge in [-0.2, -0.15) is 9.90 Å². The van der Waals surface area contributed by atoms with Crippen LogP contribution in [0.4, 0.5) is 0 Å². The van der Waals surface area contributed by atoms with Crippen LogP contribution in [-0.4, -0.2) is 39.2 Å². The lowest BCUT2D eigenvalue weighted by molar-refractivity contribution is 0.0940.